The molecule has 3 aromatic heterocycles. The highest BCUT2D eigenvalue weighted by Gasteiger charge is 2.27. The van der Waals surface area contributed by atoms with Crippen LogP contribution >= 0.6 is 23.7 Å². The number of carbonyl (C=O) groups is 1. The van der Waals surface area contributed by atoms with Gasteiger partial charge in [-0.15, -0.1) is 22.6 Å². The van der Waals surface area contributed by atoms with Crippen molar-refractivity contribution < 1.29 is 22.7 Å². The predicted octanol–water partition coefficient (Wildman–Crippen LogP) is 6.49. The van der Waals surface area contributed by atoms with Crippen molar-refractivity contribution in [1.82, 2.24) is 19.6 Å². The zero-order chi connectivity index (χ0) is 24.5. The normalized spacial score (nSPS) is 11.6. The van der Waals surface area contributed by atoms with E-state index in [2.05, 4.69) is 15.2 Å². The van der Waals surface area contributed by atoms with Gasteiger partial charge in [0, 0.05) is 30.2 Å². The van der Waals surface area contributed by atoms with Gasteiger partial charge in [-0.25, -0.2) is 4.98 Å². The third-order valence-corrected chi connectivity index (χ3v) is 5.90. The Balaban J connectivity index is 0.00000342. The van der Waals surface area contributed by atoms with Gasteiger partial charge in [0.2, 0.25) is 0 Å². The van der Waals surface area contributed by atoms with E-state index < -0.39 is 24.8 Å². The summed E-state index contributed by atoms with van der Waals surface area (Å²) in [6.45, 7) is 5.66. The van der Waals surface area contributed by atoms with E-state index in [0.29, 0.717) is 17.0 Å². The molecule has 186 valence electrons. The van der Waals surface area contributed by atoms with Gasteiger partial charge >= 0.3 is 6.18 Å². The summed E-state index contributed by atoms with van der Waals surface area (Å²) in [7, 11) is 0. The number of carbonyl (C=O) groups excluding carboxylic acids is 1. The number of nitrogens with zero attached hydrogens (tertiary/aromatic N) is 4. The topological polar surface area (TPSA) is 69.4 Å². The average Bonchev–Trinajstić information content (AvgIpc) is 3.37. The smallest absolute Gasteiger partial charge is 0.389 e. The van der Waals surface area contributed by atoms with Gasteiger partial charge in [-0.05, 0) is 56.7 Å². The van der Waals surface area contributed by atoms with Gasteiger partial charge in [0.05, 0.1) is 24.4 Å². The fraction of sp³-hybridized carbons (Fsp3) is 0.333. The minimum atomic E-state index is -4.35. The second kappa shape index (κ2) is 10.7. The van der Waals surface area contributed by atoms with Crippen LogP contribution in [0.25, 0.3) is 27.5 Å². The third-order valence-electron chi connectivity index (χ3n) is 5.01. The molecule has 0 N–H and O–H groups in total. The first-order chi connectivity index (χ1) is 16.1. The number of hydrogen-bond acceptors (Lipinski definition) is 6. The molecule has 0 aliphatic carbocycles. The van der Waals surface area contributed by atoms with E-state index in [9.17, 15) is 18.0 Å². The van der Waals surface area contributed by atoms with Crippen molar-refractivity contribution in [2.45, 2.75) is 52.3 Å². The van der Waals surface area contributed by atoms with Crippen LogP contribution in [0.2, 0.25) is 0 Å². The second-order valence-corrected chi connectivity index (χ2v) is 9.46. The first-order valence-electron chi connectivity index (χ1n) is 10.7. The lowest BCUT2D eigenvalue weighted by Crippen LogP contribution is -2.12. The molecule has 0 aliphatic rings. The molecule has 0 atom stereocenters. The average molecular weight is 525 g/mol. The van der Waals surface area contributed by atoms with E-state index in [1.165, 1.54) is 11.3 Å². The SMILES string of the molecule is Cc1nnc(-c2ccn3c(-c4cc(CC(=O)CCC(F)(F)F)cc(OC(C)C)c4)cnc3c2)s1.Cl. The molecule has 0 saturated carbocycles. The molecule has 11 heteroatoms. The van der Waals surface area contributed by atoms with Crippen LogP contribution in [-0.2, 0) is 11.2 Å². The standard InChI is InChI=1S/C24H23F3N4O2S.ClH/c1-14(2)33-20-10-16(9-19(32)4-6-24(25,26)27)8-18(11-20)21-13-28-22-12-17(5-7-31(21)22)23-30-29-15(3)34-23;/h5,7-8,10-14H,4,6,9H2,1-3H3;1H. The van der Waals surface area contributed by atoms with Gasteiger partial charge in [-0.1, -0.05) is 11.3 Å². The molecule has 0 spiro atoms. The van der Waals surface area contributed by atoms with Crippen molar-refractivity contribution in [3.05, 3.63) is 53.3 Å². The number of aryl methyl sites for hydroxylation is 1. The molecule has 0 aliphatic heterocycles. The fourth-order valence-corrected chi connectivity index (χ4v) is 4.28. The number of Topliss-reactive ketones (excluding diaryl/α,β-unsaturated/α-hetero) is 1. The molecular weight excluding hydrogens is 501 g/mol. The van der Waals surface area contributed by atoms with E-state index in [0.717, 1.165) is 26.8 Å². The van der Waals surface area contributed by atoms with Gasteiger partial charge in [0.25, 0.3) is 0 Å². The van der Waals surface area contributed by atoms with Crippen LogP contribution in [0.1, 0.15) is 37.3 Å². The maximum Gasteiger partial charge on any atom is 0.389 e. The number of ether oxygens (including phenoxy) is 1. The molecule has 6 nitrogen and oxygen atoms in total. The summed E-state index contributed by atoms with van der Waals surface area (Å²) in [5.74, 6) is 0.0714. The summed E-state index contributed by atoms with van der Waals surface area (Å²) in [5, 5.41) is 9.91. The molecule has 0 amide bonds. The number of pyridine rings is 1. The highest BCUT2D eigenvalue weighted by Crippen LogP contribution is 2.31. The van der Waals surface area contributed by atoms with Crippen LogP contribution in [0, 0.1) is 6.92 Å². The molecule has 0 bridgehead atoms. The highest BCUT2D eigenvalue weighted by molar-refractivity contribution is 7.14. The molecule has 0 fully saturated rings. The lowest BCUT2D eigenvalue weighted by atomic mass is 10.0. The number of imidazole rings is 1. The van der Waals surface area contributed by atoms with E-state index >= 15 is 0 Å². The van der Waals surface area contributed by atoms with Crippen LogP contribution in [-0.4, -0.2) is 37.6 Å². The molecular formula is C24H24ClF3N4O2S. The van der Waals surface area contributed by atoms with Crippen molar-refractivity contribution >= 4 is 35.2 Å². The Kier molecular flexibility index (Phi) is 8.17. The monoisotopic (exact) mass is 524 g/mol. The minimum absolute atomic E-state index is 0. The van der Waals surface area contributed by atoms with Gasteiger partial charge in [0.1, 0.15) is 27.2 Å². The molecule has 35 heavy (non-hydrogen) atoms. The lowest BCUT2D eigenvalue weighted by Gasteiger charge is -2.14. The summed E-state index contributed by atoms with van der Waals surface area (Å²) in [4.78, 5) is 16.7. The predicted molar refractivity (Wildman–Crippen MR) is 131 cm³/mol. The van der Waals surface area contributed by atoms with Gasteiger partial charge in [0.15, 0.2) is 0 Å². The largest absolute Gasteiger partial charge is 0.491 e. The Hall–Kier alpha value is -2.98. The van der Waals surface area contributed by atoms with Crippen LogP contribution in [0.5, 0.6) is 5.75 Å². The number of fused-ring (bicyclic) bond motifs is 1. The van der Waals surface area contributed by atoms with Gasteiger partial charge < -0.3 is 4.74 Å². The van der Waals surface area contributed by atoms with Crippen molar-refractivity contribution in [3.63, 3.8) is 0 Å². The number of aromatic nitrogens is 4. The van der Waals surface area contributed by atoms with Gasteiger partial charge in [-0.3, -0.25) is 9.20 Å². The Bertz CT molecular complexity index is 1330. The van der Waals surface area contributed by atoms with Crippen molar-refractivity contribution in [1.29, 1.82) is 0 Å². The molecule has 0 radical (unpaired) electrons. The number of ketones is 1. The summed E-state index contributed by atoms with van der Waals surface area (Å²) in [6, 6.07) is 9.18. The van der Waals surface area contributed by atoms with Gasteiger partial charge in [-0.2, -0.15) is 13.2 Å². The molecule has 3 heterocycles. The Labute approximate surface area is 210 Å². The van der Waals surface area contributed by atoms with Crippen LogP contribution in [0.4, 0.5) is 13.2 Å². The molecule has 0 unspecified atom stereocenters. The first kappa shape index (κ1) is 26.6. The maximum atomic E-state index is 12.5. The Morgan fingerprint density at radius 3 is 2.57 bits per heavy atom. The van der Waals surface area contributed by atoms with Crippen LogP contribution in [0.15, 0.2) is 42.7 Å². The zero-order valence-corrected chi connectivity index (χ0v) is 20.9. The number of hydrogen-bond donors (Lipinski definition) is 0. The highest BCUT2D eigenvalue weighted by atomic mass is 35.5. The number of benzene rings is 1. The quantitative estimate of drug-likeness (QED) is 0.263. The van der Waals surface area contributed by atoms with E-state index in [-0.39, 0.29) is 24.9 Å². The summed E-state index contributed by atoms with van der Waals surface area (Å²) >= 11 is 1.50. The first-order valence-corrected chi connectivity index (χ1v) is 11.6. The molecule has 0 saturated heterocycles. The summed E-state index contributed by atoms with van der Waals surface area (Å²) in [6.07, 6.45) is -2.63. The van der Waals surface area contributed by atoms with Crippen molar-refractivity contribution in [2.24, 2.45) is 0 Å². The lowest BCUT2D eigenvalue weighted by molar-refractivity contribution is -0.143. The van der Waals surface area contributed by atoms with Crippen LogP contribution < -0.4 is 4.74 Å². The number of halogens is 4. The van der Waals surface area contributed by atoms with Crippen LogP contribution in [0.3, 0.4) is 0 Å². The van der Waals surface area contributed by atoms with Crippen molar-refractivity contribution in [3.8, 4) is 27.6 Å². The summed E-state index contributed by atoms with van der Waals surface area (Å²) < 4.78 is 45.3. The Morgan fingerprint density at radius 1 is 1.14 bits per heavy atom. The number of alkyl halides is 3. The zero-order valence-electron chi connectivity index (χ0n) is 19.3. The maximum absolute atomic E-state index is 12.5. The second-order valence-electron chi connectivity index (χ2n) is 8.28. The van der Waals surface area contributed by atoms with E-state index in [1.54, 1.807) is 18.3 Å². The summed E-state index contributed by atoms with van der Waals surface area (Å²) in [5.41, 5.74) is 3.73. The molecule has 4 aromatic rings. The fourth-order valence-electron chi connectivity index (χ4n) is 3.59. The Morgan fingerprint density at radius 2 is 1.91 bits per heavy atom. The third kappa shape index (κ3) is 6.79. The number of rotatable bonds is 8. The van der Waals surface area contributed by atoms with E-state index in [4.69, 9.17) is 4.74 Å². The molecule has 1 aromatic carbocycles. The van der Waals surface area contributed by atoms with E-state index in [1.807, 2.05) is 49.6 Å². The minimum Gasteiger partial charge on any atom is -0.491 e. The molecule has 4 rings (SSSR count). The van der Waals surface area contributed by atoms with Crippen molar-refractivity contribution in [2.75, 3.05) is 0 Å².